The summed E-state index contributed by atoms with van der Waals surface area (Å²) < 4.78 is 0. The number of carbonyl (C=O) groups is 3. The number of carboxylic acid groups (broad SMARTS) is 1. The van der Waals surface area contributed by atoms with Crippen LogP contribution in [0.4, 0.5) is 0 Å². The first-order chi connectivity index (χ1) is 9.99. The van der Waals surface area contributed by atoms with Crippen LogP contribution >= 0.6 is 11.3 Å². The van der Waals surface area contributed by atoms with E-state index in [2.05, 4.69) is 5.32 Å². The molecule has 7 heteroatoms. The highest BCUT2D eigenvalue weighted by Crippen LogP contribution is 2.27. The number of carboxylic acids is 1. The van der Waals surface area contributed by atoms with Gasteiger partial charge in [-0.1, -0.05) is 13.0 Å². The zero-order chi connectivity index (χ0) is 15.4. The summed E-state index contributed by atoms with van der Waals surface area (Å²) in [4.78, 5) is 37.0. The molecule has 0 radical (unpaired) electrons. The van der Waals surface area contributed by atoms with Gasteiger partial charge in [0.25, 0.3) is 5.91 Å². The van der Waals surface area contributed by atoms with Gasteiger partial charge in [-0.05, 0) is 24.3 Å². The van der Waals surface area contributed by atoms with Gasteiger partial charge in [0, 0.05) is 12.6 Å². The second kappa shape index (κ2) is 6.71. The van der Waals surface area contributed by atoms with Crippen LogP contribution in [0.15, 0.2) is 17.5 Å². The van der Waals surface area contributed by atoms with Crippen LogP contribution in [0.25, 0.3) is 0 Å². The summed E-state index contributed by atoms with van der Waals surface area (Å²) in [5.41, 5.74) is 0. The van der Waals surface area contributed by atoms with Crippen molar-refractivity contribution in [2.24, 2.45) is 5.92 Å². The smallest absolute Gasteiger partial charge is 0.308 e. The topological polar surface area (TPSA) is 86.7 Å². The molecule has 1 aromatic rings. The van der Waals surface area contributed by atoms with Gasteiger partial charge in [0.2, 0.25) is 5.91 Å². The number of thiophene rings is 1. The van der Waals surface area contributed by atoms with Crippen molar-refractivity contribution >= 4 is 29.1 Å². The number of amides is 2. The summed E-state index contributed by atoms with van der Waals surface area (Å²) in [6.45, 7) is 1.67. The molecule has 1 aliphatic carbocycles. The first-order valence-electron chi connectivity index (χ1n) is 6.83. The highest BCUT2D eigenvalue weighted by atomic mass is 32.1. The van der Waals surface area contributed by atoms with Gasteiger partial charge in [-0.2, -0.15) is 0 Å². The Morgan fingerprint density at radius 2 is 2.19 bits per heavy atom. The minimum atomic E-state index is -0.920. The second-order valence-electron chi connectivity index (χ2n) is 5.18. The normalized spacial score (nSPS) is 15.3. The lowest BCUT2D eigenvalue weighted by atomic mass is 10.1. The molecule has 1 aliphatic rings. The molecule has 2 amide bonds. The van der Waals surface area contributed by atoms with Gasteiger partial charge in [-0.15, -0.1) is 11.3 Å². The van der Waals surface area contributed by atoms with Gasteiger partial charge in [0.1, 0.15) is 0 Å². The number of hydrogen-bond donors (Lipinski definition) is 2. The Kier molecular flexibility index (Phi) is 4.95. The minimum absolute atomic E-state index is 0.0976. The van der Waals surface area contributed by atoms with E-state index < -0.39 is 11.9 Å². The van der Waals surface area contributed by atoms with E-state index in [-0.39, 0.29) is 30.9 Å². The Labute approximate surface area is 126 Å². The van der Waals surface area contributed by atoms with Crippen LogP contribution in [0, 0.1) is 5.92 Å². The highest BCUT2D eigenvalue weighted by molar-refractivity contribution is 7.12. The molecule has 6 nitrogen and oxygen atoms in total. The van der Waals surface area contributed by atoms with Crippen LogP contribution in [-0.4, -0.2) is 46.9 Å². The van der Waals surface area contributed by atoms with E-state index in [0.717, 1.165) is 12.8 Å². The number of carbonyl (C=O) groups excluding carboxylic acids is 2. The van der Waals surface area contributed by atoms with Gasteiger partial charge in [-0.3, -0.25) is 14.4 Å². The van der Waals surface area contributed by atoms with E-state index in [0.29, 0.717) is 4.88 Å². The van der Waals surface area contributed by atoms with Crippen molar-refractivity contribution in [1.29, 1.82) is 0 Å². The van der Waals surface area contributed by atoms with Crippen molar-refractivity contribution in [3.63, 3.8) is 0 Å². The molecule has 0 saturated heterocycles. The van der Waals surface area contributed by atoms with Gasteiger partial charge in [-0.25, -0.2) is 0 Å². The number of nitrogens with one attached hydrogen (secondary N) is 1. The molecule has 2 rings (SSSR count). The molecule has 0 spiro atoms. The molecular formula is C14H18N2O4S. The van der Waals surface area contributed by atoms with E-state index in [1.165, 1.54) is 11.3 Å². The largest absolute Gasteiger partial charge is 0.481 e. The SMILES string of the molecule is CC(CN(C(=O)CNC(=O)c1cccs1)C1CC1)C(=O)O. The molecular weight excluding hydrogens is 292 g/mol. The first-order valence-corrected chi connectivity index (χ1v) is 7.71. The standard InChI is InChI=1S/C14H18N2O4S/c1-9(14(19)20)8-16(10-4-5-10)12(17)7-15-13(18)11-3-2-6-21-11/h2-3,6,9-10H,4-5,7-8H2,1H3,(H,15,18)(H,19,20). The van der Waals surface area contributed by atoms with Crippen LogP contribution in [0.5, 0.6) is 0 Å². The summed E-state index contributed by atoms with van der Waals surface area (Å²) in [5, 5.41) is 13.3. The van der Waals surface area contributed by atoms with Crippen molar-refractivity contribution < 1.29 is 19.5 Å². The van der Waals surface area contributed by atoms with Gasteiger partial charge in [0.15, 0.2) is 0 Å². The van der Waals surface area contributed by atoms with Gasteiger partial charge in [0.05, 0.1) is 17.3 Å². The Balaban J connectivity index is 1.87. The number of rotatable bonds is 7. The average molecular weight is 310 g/mol. The summed E-state index contributed by atoms with van der Waals surface area (Å²) in [6, 6.07) is 3.58. The summed E-state index contributed by atoms with van der Waals surface area (Å²) >= 11 is 1.31. The molecule has 0 aromatic carbocycles. The Morgan fingerprint density at radius 3 is 2.71 bits per heavy atom. The van der Waals surface area contributed by atoms with Crippen molar-refractivity contribution in [2.45, 2.75) is 25.8 Å². The molecule has 21 heavy (non-hydrogen) atoms. The molecule has 0 aliphatic heterocycles. The van der Waals surface area contributed by atoms with Crippen LogP contribution in [0.3, 0.4) is 0 Å². The summed E-state index contributed by atoms with van der Waals surface area (Å²) in [5.74, 6) is -2.03. The fraction of sp³-hybridized carbons (Fsp3) is 0.500. The van der Waals surface area contributed by atoms with E-state index >= 15 is 0 Å². The molecule has 1 unspecified atom stereocenters. The third-order valence-electron chi connectivity index (χ3n) is 3.35. The molecule has 2 N–H and O–H groups in total. The Hall–Kier alpha value is -1.89. The lowest BCUT2D eigenvalue weighted by Gasteiger charge is -2.24. The molecule has 1 atom stereocenters. The predicted octanol–water partition coefficient (Wildman–Crippen LogP) is 1.19. The monoisotopic (exact) mass is 310 g/mol. The van der Waals surface area contributed by atoms with Crippen LogP contribution in [0.1, 0.15) is 29.4 Å². The average Bonchev–Trinajstić information content (AvgIpc) is 3.14. The van der Waals surface area contributed by atoms with Crippen molar-refractivity contribution in [2.75, 3.05) is 13.1 Å². The van der Waals surface area contributed by atoms with Gasteiger partial charge >= 0.3 is 5.97 Å². The minimum Gasteiger partial charge on any atom is -0.481 e. The zero-order valence-corrected chi connectivity index (χ0v) is 12.6. The lowest BCUT2D eigenvalue weighted by molar-refractivity contribution is -0.143. The van der Waals surface area contributed by atoms with Crippen LogP contribution < -0.4 is 5.32 Å². The number of aliphatic carboxylic acids is 1. The van der Waals surface area contributed by atoms with Crippen LogP contribution in [0.2, 0.25) is 0 Å². The third kappa shape index (κ3) is 4.29. The third-order valence-corrected chi connectivity index (χ3v) is 4.21. The Bertz CT molecular complexity index is 525. The van der Waals surface area contributed by atoms with Gasteiger partial charge < -0.3 is 15.3 Å². The van der Waals surface area contributed by atoms with Crippen molar-refractivity contribution in [3.05, 3.63) is 22.4 Å². The number of nitrogens with zero attached hydrogens (tertiary/aromatic N) is 1. The summed E-state index contributed by atoms with van der Waals surface area (Å²) in [6.07, 6.45) is 1.80. The molecule has 1 fully saturated rings. The van der Waals surface area contributed by atoms with Crippen molar-refractivity contribution in [3.8, 4) is 0 Å². The summed E-state index contributed by atoms with van der Waals surface area (Å²) in [7, 11) is 0. The van der Waals surface area contributed by atoms with Crippen LogP contribution in [-0.2, 0) is 9.59 Å². The maximum atomic E-state index is 12.2. The quantitative estimate of drug-likeness (QED) is 0.792. The van der Waals surface area contributed by atoms with E-state index in [1.807, 2.05) is 0 Å². The molecule has 1 saturated carbocycles. The molecule has 1 heterocycles. The fourth-order valence-electron chi connectivity index (χ4n) is 1.97. The maximum Gasteiger partial charge on any atom is 0.308 e. The molecule has 0 bridgehead atoms. The lowest BCUT2D eigenvalue weighted by Crippen LogP contribution is -2.44. The van der Waals surface area contributed by atoms with E-state index in [9.17, 15) is 14.4 Å². The van der Waals surface area contributed by atoms with E-state index in [1.54, 1.807) is 29.3 Å². The Morgan fingerprint density at radius 1 is 1.48 bits per heavy atom. The first kappa shape index (κ1) is 15.5. The predicted molar refractivity (Wildman–Crippen MR) is 78.2 cm³/mol. The van der Waals surface area contributed by atoms with E-state index in [4.69, 9.17) is 5.11 Å². The molecule has 1 aromatic heterocycles. The zero-order valence-electron chi connectivity index (χ0n) is 11.7. The maximum absolute atomic E-state index is 12.2. The number of hydrogen-bond acceptors (Lipinski definition) is 4. The fourth-order valence-corrected chi connectivity index (χ4v) is 2.61. The second-order valence-corrected chi connectivity index (χ2v) is 6.12. The molecule has 114 valence electrons. The van der Waals surface area contributed by atoms with Crippen molar-refractivity contribution in [1.82, 2.24) is 10.2 Å². The highest BCUT2D eigenvalue weighted by Gasteiger charge is 2.34.